The molecule has 3 rings (SSSR count). The van der Waals surface area contributed by atoms with Gasteiger partial charge >= 0.3 is 6.18 Å². The van der Waals surface area contributed by atoms with Gasteiger partial charge in [-0.2, -0.15) is 13.2 Å². The van der Waals surface area contributed by atoms with E-state index in [-0.39, 0.29) is 36.3 Å². The topological polar surface area (TPSA) is 81.1 Å². The number of hydrogen-bond donors (Lipinski definition) is 0. The highest BCUT2D eigenvalue weighted by Crippen LogP contribution is 2.30. The Morgan fingerprint density at radius 1 is 1.09 bits per heavy atom. The molecule has 0 aliphatic heterocycles. The lowest BCUT2D eigenvalue weighted by molar-refractivity contribution is -0.138. The Kier molecular flexibility index (Phi) is 7.14. The van der Waals surface area contributed by atoms with Crippen LogP contribution in [0.1, 0.15) is 29.8 Å². The van der Waals surface area contributed by atoms with Crippen LogP contribution < -0.4 is 4.74 Å². The minimum Gasteiger partial charge on any atom is -0.473 e. The summed E-state index contributed by atoms with van der Waals surface area (Å²) in [5.41, 5.74) is -1.27. The lowest BCUT2D eigenvalue weighted by Crippen LogP contribution is -2.42. The molecular formula is C21H18F5N5O2. The minimum atomic E-state index is -4.75. The Hall–Kier alpha value is -3.70. The summed E-state index contributed by atoms with van der Waals surface area (Å²) in [6, 6.07) is 2.17. The van der Waals surface area contributed by atoms with Crippen molar-refractivity contribution in [2.24, 2.45) is 0 Å². The number of carbonyl (C=O) groups excluding carboxylic acids is 1. The number of amides is 1. The first-order chi connectivity index (χ1) is 15.6. The van der Waals surface area contributed by atoms with Gasteiger partial charge in [0.2, 0.25) is 5.88 Å². The van der Waals surface area contributed by atoms with Gasteiger partial charge in [-0.15, -0.1) is 0 Å². The van der Waals surface area contributed by atoms with E-state index >= 15 is 0 Å². The molecule has 1 amide bonds. The molecule has 3 aromatic heterocycles. The van der Waals surface area contributed by atoms with Gasteiger partial charge in [-0.25, -0.2) is 28.7 Å². The maximum absolute atomic E-state index is 14.0. The van der Waals surface area contributed by atoms with Gasteiger partial charge in [0, 0.05) is 25.1 Å². The monoisotopic (exact) mass is 467 g/mol. The summed E-state index contributed by atoms with van der Waals surface area (Å²) in [5.74, 6) is -3.15. The highest BCUT2D eigenvalue weighted by atomic mass is 19.4. The number of pyridine rings is 2. The Morgan fingerprint density at radius 2 is 1.79 bits per heavy atom. The lowest BCUT2D eigenvalue weighted by atomic mass is 10.1. The molecule has 0 fully saturated rings. The number of hydrogen-bond acceptors (Lipinski definition) is 6. The SMILES string of the molecule is CCN(C(=O)c1cc(F)cnc1-c1ncccn1)[C@@H](C)COc1ncc(C(F)(F)F)cc1F. The molecule has 12 heteroatoms. The van der Waals surface area contributed by atoms with Gasteiger partial charge < -0.3 is 9.64 Å². The van der Waals surface area contributed by atoms with E-state index < -0.39 is 41.2 Å². The molecule has 0 saturated heterocycles. The van der Waals surface area contributed by atoms with Gasteiger partial charge in [0.1, 0.15) is 18.1 Å². The van der Waals surface area contributed by atoms with Crippen LogP contribution in [-0.4, -0.2) is 49.9 Å². The van der Waals surface area contributed by atoms with Crippen LogP contribution in [0.15, 0.2) is 43.0 Å². The summed E-state index contributed by atoms with van der Waals surface area (Å²) in [6.45, 7) is 3.12. The molecular weight excluding hydrogens is 449 g/mol. The average Bonchev–Trinajstić information content (AvgIpc) is 2.78. The molecule has 0 unspecified atom stereocenters. The van der Waals surface area contributed by atoms with E-state index in [9.17, 15) is 26.7 Å². The largest absolute Gasteiger partial charge is 0.473 e. The van der Waals surface area contributed by atoms with E-state index in [1.807, 2.05) is 0 Å². The second kappa shape index (κ2) is 9.84. The summed E-state index contributed by atoms with van der Waals surface area (Å²) < 4.78 is 71.1. The molecule has 1 atom stereocenters. The zero-order valence-electron chi connectivity index (χ0n) is 17.5. The van der Waals surface area contributed by atoms with Crippen molar-refractivity contribution < 1.29 is 31.5 Å². The van der Waals surface area contributed by atoms with Crippen LogP contribution in [0.2, 0.25) is 0 Å². The smallest absolute Gasteiger partial charge is 0.417 e. The van der Waals surface area contributed by atoms with Crippen molar-refractivity contribution in [3.05, 3.63) is 65.7 Å². The Bertz CT molecular complexity index is 1130. The number of alkyl halides is 3. The van der Waals surface area contributed by atoms with Gasteiger partial charge in [0.05, 0.1) is 23.4 Å². The van der Waals surface area contributed by atoms with E-state index in [2.05, 4.69) is 19.9 Å². The predicted octanol–water partition coefficient (Wildman–Crippen LogP) is 4.16. The molecule has 0 saturated carbocycles. The molecule has 0 aliphatic carbocycles. The number of aromatic nitrogens is 4. The molecule has 3 heterocycles. The molecule has 0 N–H and O–H groups in total. The molecule has 0 spiro atoms. The normalized spacial score (nSPS) is 12.3. The highest BCUT2D eigenvalue weighted by molar-refractivity contribution is 5.99. The summed E-state index contributed by atoms with van der Waals surface area (Å²) in [4.78, 5) is 29.9. The summed E-state index contributed by atoms with van der Waals surface area (Å²) in [7, 11) is 0. The van der Waals surface area contributed by atoms with E-state index in [4.69, 9.17) is 4.74 Å². The molecule has 0 radical (unpaired) electrons. The van der Waals surface area contributed by atoms with Crippen molar-refractivity contribution in [3.8, 4) is 17.4 Å². The third kappa shape index (κ3) is 5.57. The summed E-state index contributed by atoms with van der Waals surface area (Å²) in [6.07, 6.45) is -0.465. The second-order valence-corrected chi connectivity index (χ2v) is 6.88. The molecule has 0 aromatic carbocycles. The quantitative estimate of drug-likeness (QED) is 0.486. The van der Waals surface area contributed by atoms with Crippen LogP contribution in [0, 0.1) is 11.6 Å². The summed E-state index contributed by atoms with van der Waals surface area (Å²) >= 11 is 0. The van der Waals surface area contributed by atoms with Crippen LogP contribution in [0.25, 0.3) is 11.5 Å². The van der Waals surface area contributed by atoms with Crippen LogP contribution in [0.5, 0.6) is 5.88 Å². The molecule has 0 bridgehead atoms. The number of halogens is 5. The fourth-order valence-electron chi connectivity index (χ4n) is 2.99. The number of ether oxygens (including phenoxy) is 1. The first kappa shape index (κ1) is 24.0. The highest BCUT2D eigenvalue weighted by Gasteiger charge is 2.32. The standard InChI is InChI=1S/C21H18F5N5O2/c1-3-31(12(2)11-33-19-16(23)7-13(9-30-19)21(24,25)26)20(32)15-8-14(22)10-29-17(15)18-27-5-4-6-28-18/h4-10,12H,3,11H2,1-2H3/t12-/m0/s1. The fourth-order valence-corrected chi connectivity index (χ4v) is 2.99. The van der Waals surface area contributed by atoms with Crippen molar-refractivity contribution >= 4 is 5.91 Å². The Balaban J connectivity index is 1.80. The molecule has 33 heavy (non-hydrogen) atoms. The zero-order valence-corrected chi connectivity index (χ0v) is 17.5. The first-order valence-electron chi connectivity index (χ1n) is 9.71. The first-order valence-corrected chi connectivity index (χ1v) is 9.71. The lowest BCUT2D eigenvalue weighted by Gasteiger charge is -2.28. The predicted molar refractivity (Wildman–Crippen MR) is 106 cm³/mol. The maximum Gasteiger partial charge on any atom is 0.417 e. The second-order valence-electron chi connectivity index (χ2n) is 6.88. The molecule has 7 nitrogen and oxygen atoms in total. The van der Waals surface area contributed by atoms with Crippen LogP contribution in [0.4, 0.5) is 22.0 Å². The summed E-state index contributed by atoms with van der Waals surface area (Å²) in [5, 5.41) is 0. The van der Waals surface area contributed by atoms with Gasteiger partial charge in [-0.05, 0) is 32.0 Å². The molecule has 174 valence electrons. The third-order valence-electron chi connectivity index (χ3n) is 4.59. The Morgan fingerprint density at radius 3 is 2.39 bits per heavy atom. The number of nitrogens with zero attached hydrogens (tertiary/aromatic N) is 5. The van der Waals surface area contributed by atoms with Crippen molar-refractivity contribution in [3.63, 3.8) is 0 Å². The molecule has 3 aromatic rings. The van der Waals surface area contributed by atoms with Crippen molar-refractivity contribution in [1.82, 2.24) is 24.8 Å². The zero-order chi connectivity index (χ0) is 24.2. The van der Waals surface area contributed by atoms with Gasteiger partial charge in [-0.3, -0.25) is 4.79 Å². The average molecular weight is 467 g/mol. The maximum atomic E-state index is 14.0. The Labute approximate surface area is 185 Å². The van der Waals surface area contributed by atoms with Gasteiger partial charge in [0.15, 0.2) is 11.6 Å². The van der Waals surface area contributed by atoms with Gasteiger partial charge in [-0.1, -0.05) is 0 Å². The number of carbonyl (C=O) groups is 1. The fraction of sp³-hybridized carbons (Fsp3) is 0.286. The van der Waals surface area contributed by atoms with Crippen LogP contribution in [-0.2, 0) is 6.18 Å². The van der Waals surface area contributed by atoms with Crippen molar-refractivity contribution in [1.29, 1.82) is 0 Å². The van der Waals surface area contributed by atoms with E-state index in [1.165, 1.54) is 17.3 Å². The number of rotatable bonds is 7. The van der Waals surface area contributed by atoms with Crippen LogP contribution in [0.3, 0.4) is 0 Å². The van der Waals surface area contributed by atoms with Crippen molar-refractivity contribution in [2.75, 3.05) is 13.2 Å². The van der Waals surface area contributed by atoms with Gasteiger partial charge in [0.25, 0.3) is 5.91 Å². The van der Waals surface area contributed by atoms with E-state index in [1.54, 1.807) is 19.9 Å². The van der Waals surface area contributed by atoms with Crippen LogP contribution >= 0.6 is 0 Å². The van der Waals surface area contributed by atoms with Crippen molar-refractivity contribution in [2.45, 2.75) is 26.1 Å². The van der Waals surface area contributed by atoms with E-state index in [0.717, 1.165) is 12.3 Å². The number of likely N-dealkylation sites (N-methyl/N-ethyl adjacent to an activating group) is 1. The minimum absolute atomic E-state index is 0.0732. The molecule has 0 aliphatic rings. The third-order valence-corrected chi connectivity index (χ3v) is 4.59. The van der Waals surface area contributed by atoms with E-state index in [0.29, 0.717) is 6.20 Å².